The largest absolute Gasteiger partial charge is 0.363 e. The van der Waals surface area contributed by atoms with Crippen molar-refractivity contribution in [1.82, 2.24) is 19.2 Å². The SMILES string of the molecule is Cc1nccn1CCNC(=O)C1(C)CN(S(C)(=O)=O)CCO1. The summed E-state index contributed by atoms with van der Waals surface area (Å²) in [5, 5.41) is 2.80. The number of hydrogen-bond donors (Lipinski definition) is 1. The number of morpholine rings is 1. The van der Waals surface area contributed by atoms with Crippen molar-refractivity contribution in [3.8, 4) is 0 Å². The second-order valence-electron chi connectivity index (χ2n) is 5.60. The molecule has 22 heavy (non-hydrogen) atoms. The Labute approximate surface area is 130 Å². The summed E-state index contributed by atoms with van der Waals surface area (Å²) in [6, 6.07) is 0. The zero-order valence-corrected chi connectivity index (χ0v) is 13.9. The van der Waals surface area contributed by atoms with Crippen LogP contribution in [-0.4, -0.2) is 66.3 Å². The summed E-state index contributed by atoms with van der Waals surface area (Å²) in [5.74, 6) is 0.566. The highest BCUT2D eigenvalue weighted by molar-refractivity contribution is 7.88. The van der Waals surface area contributed by atoms with Crippen LogP contribution >= 0.6 is 0 Å². The summed E-state index contributed by atoms with van der Waals surface area (Å²) in [6.07, 6.45) is 4.68. The van der Waals surface area contributed by atoms with E-state index in [1.807, 2.05) is 17.7 Å². The molecule has 1 amide bonds. The Morgan fingerprint density at radius 3 is 2.86 bits per heavy atom. The Balaban J connectivity index is 1.92. The number of rotatable bonds is 5. The third-order valence-electron chi connectivity index (χ3n) is 3.75. The van der Waals surface area contributed by atoms with Crippen molar-refractivity contribution in [1.29, 1.82) is 0 Å². The lowest BCUT2D eigenvalue weighted by atomic mass is 10.0. The third-order valence-corrected chi connectivity index (χ3v) is 5.00. The molecule has 1 N–H and O–H groups in total. The summed E-state index contributed by atoms with van der Waals surface area (Å²) in [4.78, 5) is 16.4. The van der Waals surface area contributed by atoms with E-state index in [9.17, 15) is 13.2 Å². The Morgan fingerprint density at radius 1 is 1.55 bits per heavy atom. The number of ether oxygens (including phenoxy) is 1. The van der Waals surface area contributed by atoms with Crippen LogP contribution in [0.15, 0.2) is 12.4 Å². The monoisotopic (exact) mass is 330 g/mol. The van der Waals surface area contributed by atoms with Gasteiger partial charge in [-0.3, -0.25) is 4.79 Å². The van der Waals surface area contributed by atoms with Crippen molar-refractivity contribution in [2.24, 2.45) is 0 Å². The molecule has 1 aliphatic heterocycles. The van der Waals surface area contributed by atoms with Crippen molar-refractivity contribution >= 4 is 15.9 Å². The van der Waals surface area contributed by atoms with E-state index in [1.54, 1.807) is 13.1 Å². The highest BCUT2D eigenvalue weighted by atomic mass is 32.2. The molecular weight excluding hydrogens is 308 g/mol. The van der Waals surface area contributed by atoms with Gasteiger partial charge in [-0.2, -0.15) is 4.31 Å². The first kappa shape index (κ1) is 16.9. The molecule has 0 saturated carbocycles. The van der Waals surface area contributed by atoms with Crippen molar-refractivity contribution in [2.75, 3.05) is 32.5 Å². The Morgan fingerprint density at radius 2 is 2.27 bits per heavy atom. The standard InChI is InChI=1S/C13H22N4O4S/c1-11-14-4-6-16(11)7-5-15-12(18)13(2)10-17(8-9-21-13)22(3,19)20/h4,6H,5,7-10H2,1-3H3,(H,15,18). The van der Waals surface area contributed by atoms with Gasteiger partial charge in [-0.1, -0.05) is 0 Å². The molecule has 1 atom stereocenters. The average Bonchev–Trinajstić information content (AvgIpc) is 2.83. The van der Waals surface area contributed by atoms with E-state index in [-0.39, 0.29) is 25.6 Å². The van der Waals surface area contributed by atoms with Crippen molar-refractivity contribution in [2.45, 2.75) is 26.0 Å². The normalized spacial score (nSPS) is 23.4. The first-order chi connectivity index (χ1) is 10.2. The summed E-state index contributed by atoms with van der Waals surface area (Å²) in [5.41, 5.74) is -1.16. The smallest absolute Gasteiger partial charge is 0.253 e. The molecule has 1 aromatic heterocycles. The molecule has 0 radical (unpaired) electrons. The number of imidazole rings is 1. The molecule has 1 unspecified atom stereocenters. The molecule has 0 aliphatic carbocycles. The van der Waals surface area contributed by atoms with E-state index in [2.05, 4.69) is 10.3 Å². The molecule has 1 aromatic rings. The third kappa shape index (κ3) is 3.84. The maximum Gasteiger partial charge on any atom is 0.253 e. The van der Waals surface area contributed by atoms with Crippen LogP contribution in [0.1, 0.15) is 12.7 Å². The predicted octanol–water partition coefficient (Wildman–Crippen LogP) is -0.642. The van der Waals surface area contributed by atoms with Crippen LogP contribution in [0.3, 0.4) is 0 Å². The quantitative estimate of drug-likeness (QED) is 0.775. The Kier molecular flexibility index (Phi) is 4.88. The minimum absolute atomic E-state index is 0.0295. The summed E-state index contributed by atoms with van der Waals surface area (Å²) < 4.78 is 32.0. The van der Waals surface area contributed by atoms with Crippen LogP contribution in [0.2, 0.25) is 0 Å². The molecule has 2 heterocycles. The van der Waals surface area contributed by atoms with E-state index < -0.39 is 15.6 Å². The number of carbonyl (C=O) groups excluding carboxylic acids is 1. The van der Waals surface area contributed by atoms with Crippen LogP contribution in [0.5, 0.6) is 0 Å². The number of nitrogens with one attached hydrogen (secondary N) is 1. The molecule has 124 valence electrons. The van der Waals surface area contributed by atoms with Gasteiger partial charge in [0.25, 0.3) is 5.91 Å². The van der Waals surface area contributed by atoms with Gasteiger partial charge >= 0.3 is 0 Å². The molecule has 0 bridgehead atoms. The summed E-state index contributed by atoms with van der Waals surface area (Å²) in [6.45, 7) is 5.03. The second-order valence-corrected chi connectivity index (χ2v) is 7.58. The van der Waals surface area contributed by atoms with Crippen molar-refractivity contribution < 1.29 is 17.9 Å². The number of carbonyl (C=O) groups is 1. The van der Waals surface area contributed by atoms with E-state index in [1.165, 1.54) is 4.31 Å². The van der Waals surface area contributed by atoms with Crippen LogP contribution in [0, 0.1) is 6.92 Å². The highest BCUT2D eigenvalue weighted by Gasteiger charge is 2.41. The molecule has 2 rings (SSSR count). The van der Waals surface area contributed by atoms with Crippen molar-refractivity contribution in [3.63, 3.8) is 0 Å². The fourth-order valence-corrected chi connectivity index (χ4v) is 3.26. The molecule has 8 nitrogen and oxygen atoms in total. The first-order valence-electron chi connectivity index (χ1n) is 7.07. The van der Waals surface area contributed by atoms with Gasteiger partial charge in [0.2, 0.25) is 10.0 Å². The minimum Gasteiger partial charge on any atom is -0.363 e. The average molecular weight is 330 g/mol. The van der Waals surface area contributed by atoms with E-state index in [0.717, 1.165) is 12.1 Å². The lowest BCUT2D eigenvalue weighted by molar-refractivity contribution is -0.152. The Hall–Kier alpha value is -1.45. The molecule has 9 heteroatoms. The number of sulfonamides is 1. The maximum absolute atomic E-state index is 12.3. The zero-order chi connectivity index (χ0) is 16.4. The first-order valence-corrected chi connectivity index (χ1v) is 8.92. The second kappa shape index (κ2) is 6.35. The molecule has 1 saturated heterocycles. The van der Waals surface area contributed by atoms with Gasteiger partial charge in [0.05, 0.1) is 19.4 Å². The summed E-state index contributed by atoms with van der Waals surface area (Å²) in [7, 11) is -3.33. The van der Waals surface area contributed by atoms with Crippen LogP contribution in [0.25, 0.3) is 0 Å². The number of amides is 1. The van der Waals surface area contributed by atoms with Gasteiger partial charge < -0.3 is 14.6 Å². The lowest BCUT2D eigenvalue weighted by Gasteiger charge is -2.37. The van der Waals surface area contributed by atoms with Gasteiger partial charge in [0, 0.05) is 32.0 Å². The molecule has 0 aromatic carbocycles. The number of hydrogen-bond acceptors (Lipinski definition) is 5. The lowest BCUT2D eigenvalue weighted by Crippen LogP contribution is -2.59. The topological polar surface area (TPSA) is 93.5 Å². The van der Waals surface area contributed by atoms with E-state index in [0.29, 0.717) is 13.1 Å². The predicted molar refractivity (Wildman–Crippen MR) is 80.7 cm³/mol. The molecule has 1 aliphatic rings. The van der Waals surface area contributed by atoms with E-state index in [4.69, 9.17) is 4.74 Å². The number of aromatic nitrogens is 2. The minimum atomic E-state index is -3.33. The fraction of sp³-hybridized carbons (Fsp3) is 0.692. The molecular formula is C13H22N4O4S. The fourth-order valence-electron chi connectivity index (χ4n) is 2.37. The zero-order valence-electron chi connectivity index (χ0n) is 13.1. The molecule has 1 fully saturated rings. The number of nitrogens with zero attached hydrogens (tertiary/aromatic N) is 3. The van der Waals surface area contributed by atoms with Gasteiger partial charge in [-0.05, 0) is 13.8 Å². The van der Waals surface area contributed by atoms with Gasteiger partial charge in [0.15, 0.2) is 5.60 Å². The van der Waals surface area contributed by atoms with Crippen LogP contribution in [-0.2, 0) is 26.1 Å². The van der Waals surface area contributed by atoms with Gasteiger partial charge in [0.1, 0.15) is 5.82 Å². The van der Waals surface area contributed by atoms with Crippen LogP contribution in [0.4, 0.5) is 0 Å². The van der Waals surface area contributed by atoms with E-state index >= 15 is 0 Å². The van der Waals surface area contributed by atoms with Gasteiger partial charge in [-0.15, -0.1) is 0 Å². The molecule has 0 spiro atoms. The number of aryl methyl sites for hydroxylation is 1. The van der Waals surface area contributed by atoms with Crippen LogP contribution < -0.4 is 5.32 Å². The highest BCUT2D eigenvalue weighted by Crippen LogP contribution is 2.19. The Bertz CT molecular complexity index is 642. The van der Waals surface area contributed by atoms with Gasteiger partial charge in [-0.25, -0.2) is 13.4 Å². The maximum atomic E-state index is 12.3. The summed E-state index contributed by atoms with van der Waals surface area (Å²) >= 11 is 0. The van der Waals surface area contributed by atoms with Crippen molar-refractivity contribution in [3.05, 3.63) is 18.2 Å².